The molecule has 100 valence electrons. The van der Waals surface area contributed by atoms with Gasteiger partial charge in [0.2, 0.25) is 0 Å². The molecule has 1 aromatic rings. The number of nitrogens with two attached hydrogens (primary N) is 1. The highest BCUT2D eigenvalue weighted by Gasteiger charge is 2.15. The molecule has 0 heterocycles. The van der Waals surface area contributed by atoms with Crippen LogP contribution < -0.4 is 10.6 Å². The van der Waals surface area contributed by atoms with Crippen LogP contribution >= 0.6 is 11.8 Å². The van der Waals surface area contributed by atoms with Crippen molar-refractivity contribution in [3.8, 4) is 0 Å². The lowest BCUT2D eigenvalue weighted by Crippen LogP contribution is -2.29. The molecule has 0 amide bonds. The molecule has 0 aromatic heterocycles. The molecule has 0 spiro atoms. The summed E-state index contributed by atoms with van der Waals surface area (Å²) in [5.74, 6) is 1.00. The van der Waals surface area contributed by atoms with Gasteiger partial charge in [-0.1, -0.05) is 13.0 Å². The zero-order valence-corrected chi connectivity index (χ0v) is 11.9. The van der Waals surface area contributed by atoms with E-state index in [4.69, 9.17) is 11.1 Å². The number of likely N-dealkylation sites (N-methyl/N-ethyl adjacent to an activating group) is 1. The number of anilines is 1. The Morgan fingerprint density at radius 1 is 1.56 bits per heavy atom. The van der Waals surface area contributed by atoms with Crippen LogP contribution in [0.15, 0.2) is 23.1 Å². The lowest BCUT2D eigenvalue weighted by Gasteiger charge is -2.24. The second-order valence-electron chi connectivity index (χ2n) is 4.23. The summed E-state index contributed by atoms with van der Waals surface area (Å²) in [7, 11) is 1.90. The van der Waals surface area contributed by atoms with E-state index in [1.807, 2.05) is 30.1 Å². The van der Waals surface area contributed by atoms with E-state index in [1.54, 1.807) is 18.7 Å². The van der Waals surface area contributed by atoms with E-state index in [2.05, 4.69) is 6.92 Å². The van der Waals surface area contributed by atoms with E-state index in [0.717, 1.165) is 21.9 Å². The number of aliphatic hydroxyl groups is 1. The van der Waals surface area contributed by atoms with Gasteiger partial charge in [-0.25, -0.2) is 0 Å². The van der Waals surface area contributed by atoms with Gasteiger partial charge in [0.15, 0.2) is 0 Å². The average Bonchev–Trinajstić information content (AvgIpc) is 2.27. The Labute approximate surface area is 113 Å². The van der Waals surface area contributed by atoms with Crippen molar-refractivity contribution >= 4 is 23.3 Å². The Hall–Kier alpha value is -1.20. The number of amidine groups is 1. The normalized spacial score (nSPS) is 12.2. The van der Waals surface area contributed by atoms with Crippen molar-refractivity contribution in [3.63, 3.8) is 0 Å². The van der Waals surface area contributed by atoms with Gasteiger partial charge in [-0.3, -0.25) is 5.41 Å². The summed E-state index contributed by atoms with van der Waals surface area (Å²) in [6.45, 7) is 4.33. The second kappa shape index (κ2) is 6.66. The van der Waals surface area contributed by atoms with Crippen LogP contribution in [-0.4, -0.2) is 36.4 Å². The summed E-state index contributed by atoms with van der Waals surface area (Å²) in [5.41, 5.74) is 7.34. The summed E-state index contributed by atoms with van der Waals surface area (Å²) in [5, 5.41) is 17.2. The topological polar surface area (TPSA) is 73.3 Å². The van der Waals surface area contributed by atoms with Crippen LogP contribution in [0.4, 0.5) is 5.69 Å². The van der Waals surface area contributed by atoms with Gasteiger partial charge in [0.1, 0.15) is 5.84 Å². The zero-order chi connectivity index (χ0) is 13.7. The van der Waals surface area contributed by atoms with E-state index in [-0.39, 0.29) is 5.84 Å². The lowest BCUT2D eigenvalue weighted by molar-refractivity contribution is 0.201. The molecule has 0 bridgehead atoms. The molecule has 1 atom stereocenters. The first-order valence-corrected chi connectivity index (χ1v) is 6.95. The minimum absolute atomic E-state index is 0.0685. The SMILES string of the molecule is CCSc1cccc(N(C)CC(C)O)c1C(=N)N. The molecule has 1 aromatic carbocycles. The number of hydrogen-bond acceptors (Lipinski definition) is 4. The van der Waals surface area contributed by atoms with Crippen molar-refractivity contribution in [1.82, 2.24) is 0 Å². The Balaban J connectivity index is 3.17. The molecule has 18 heavy (non-hydrogen) atoms. The van der Waals surface area contributed by atoms with Crippen LogP contribution in [0.3, 0.4) is 0 Å². The quantitative estimate of drug-likeness (QED) is 0.418. The molecule has 0 saturated heterocycles. The van der Waals surface area contributed by atoms with Crippen LogP contribution in [-0.2, 0) is 0 Å². The van der Waals surface area contributed by atoms with E-state index >= 15 is 0 Å². The highest BCUT2D eigenvalue weighted by molar-refractivity contribution is 7.99. The fourth-order valence-corrected chi connectivity index (χ4v) is 2.72. The predicted molar refractivity (Wildman–Crippen MR) is 78.8 cm³/mol. The maximum atomic E-state index is 9.45. The third kappa shape index (κ3) is 3.65. The Bertz CT molecular complexity index is 421. The Morgan fingerprint density at radius 2 is 2.22 bits per heavy atom. The number of nitrogens with zero attached hydrogens (tertiary/aromatic N) is 1. The molecule has 0 saturated carbocycles. The van der Waals surface area contributed by atoms with E-state index in [9.17, 15) is 5.11 Å². The average molecular weight is 267 g/mol. The van der Waals surface area contributed by atoms with Crippen LogP contribution in [0.25, 0.3) is 0 Å². The summed E-state index contributed by atoms with van der Waals surface area (Å²) >= 11 is 1.67. The van der Waals surface area contributed by atoms with E-state index < -0.39 is 6.10 Å². The van der Waals surface area contributed by atoms with Gasteiger partial charge in [-0.15, -0.1) is 11.8 Å². The minimum Gasteiger partial charge on any atom is -0.392 e. The van der Waals surface area contributed by atoms with Crippen LogP contribution in [0.1, 0.15) is 19.4 Å². The molecular weight excluding hydrogens is 246 g/mol. The largest absolute Gasteiger partial charge is 0.392 e. The van der Waals surface area contributed by atoms with Gasteiger partial charge in [0.25, 0.3) is 0 Å². The molecule has 4 nitrogen and oxygen atoms in total. The summed E-state index contributed by atoms with van der Waals surface area (Å²) in [4.78, 5) is 2.95. The van der Waals surface area contributed by atoms with Crippen molar-refractivity contribution in [2.45, 2.75) is 24.8 Å². The van der Waals surface area contributed by atoms with Crippen molar-refractivity contribution in [1.29, 1.82) is 5.41 Å². The summed E-state index contributed by atoms with van der Waals surface area (Å²) < 4.78 is 0. The fraction of sp³-hybridized carbons (Fsp3) is 0.462. The molecule has 4 N–H and O–H groups in total. The van der Waals surface area contributed by atoms with Crippen molar-refractivity contribution in [2.75, 3.05) is 24.2 Å². The molecule has 0 radical (unpaired) electrons. The summed E-state index contributed by atoms with van der Waals surface area (Å²) in [6, 6.07) is 5.86. The van der Waals surface area contributed by atoms with Gasteiger partial charge in [-0.05, 0) is 24.8 Å². The molecule has 0 fully saturated rings. The molecule has 5 heteroatoms. The zero-order valence-electron chi connectivity index (χ0n) is 11.1. The predicted octanol–water partition coefficient (Wildman–Crippen LogP) is 1.90. The monoisotopic (exact) mass is 267 g/mol. The number of hydrogen-bond donors (Lipinski definition) is 3. The van der Waals surface area contributed by atoms with Crippen LogP contribution in [0, 0.1) is 5.41 Å². The first-order valence-electron chi connectivity index (χ1n) is 5.96. The third-order valence-electron chi connectivity index (χ3n) is 2.52. The Morgan fingerprint density at radius 3 is 2.72 bits per heavy atom. The fourth-order valence-electron chi connectivity index (χ4n) is 1.88. The van der Waals surface area contributed by atoms with Gasteiger partial charge >= 0.3 is 0 Å². The van der Waals surface area contributed by atoms with Crippen molar-refractivity contribution in [3.05, 3.63) is 23.8 Å². The van der Waals surface area contributed by atoms with Crippen molar-refractivity contribution in [2.24, 2.45) is 5.73 Å². The van der Waals surface area contributed by atoms with Gasteiger partial charge < -0.3 is 15.7 Å². The number of aliphatic hydroxyl groups excluding tert-OH is 1. The maximum absolute atomic E-state index is 9.45. The third-order valence-corrected chi connectivity index (χ3v) is 3.46. The molecule has 0 aliphatic heterocycles. The molecule has 1 unspecified atom stereocenters. The first-order chi connectivity index (χ1) is 8.47. The summed E-state index contributed by atoms with van der Waals surface area (Å²) in [6.07, 6.45) is -0.419. The van der Waals surface area contributed by atoms with Crippen LogP contribution in [0.5, 0.6) is 0 Å². The van der Waals surface area contributed by atoms with Gasteiger partial charge in [0.05, 0.1) is 11.7 Å². The highest BCUT2D eigenvalue weighted by atomic mass is 32.2. The van der Waals surface area contributed by atoms with E-state index in [1.165, 1.54) is 0 Å². The number of nitrogens with one attached hydrogen (secondary N) is 1. The van der Waals surface area contributed by atoms with Crippen molar-refractivity contribution < 1.29 is 5.11 Å². The number of nitrogen functional groups attached to an aromatic ring is 1. The smallest absolute Gasteiger partial charge is 0.126 e. The highest BCUT2D eigenvalue weighted by Crippen LogP contribution is 2.30. The maximum Gasteiger partial charge on any atom is 0.126 e. The van der Waals surface area contributed by atoms with Gasteiger partial charge in [0, 0.05) is 24.2 Å². The number of rotatable bonds is 6. The number of thioether (sulfide) groups is 1. The number of benzene rings is 1. The standard InChI is InChI=1S/C13H21N3OS/c1-4-18-11-7-5-6-10(12(11)13(14)15)16(3)8-9(2)17/h5-7,9,17H,4,8H2,1-3H3,(H3,14,15). The molecule has 0 aliphatic carbocycles. The minimum atomic E-state index is -0.419. The second-order valence-corrected chi connectivity index (χ2v) is 5.53. The van der Waals surface area contributed by atoms with E-state index in [0.29, 0.717) is 6.54 Å². The lowest BCUT2D eigenvalue weighted by atomic mass is 10.1. The van der Waals surface area contributed by atoms with Crippen LogP contribution in [0.2, 0.25) is 0 Å². The molecular formula is C13H21N3OS. The molecule has 1 rings (SSSR count). The molecule has 0 aliphatic rings. The van der Waals surface area contributed by atoms with Gasteiger partial charge in [-0.2, -0.15) is 0 Å². The first kappa shape index (κ1) is 14.9. The Kier molecular flexibility index (Phi) is 5.50.